The summed E-state index contributed by atoms with van der Waals surface area (Å²) in [5.41, 5.74) is 7.13. The number of para-hydroxylation sites is 1. The van der Waals surface area contributed by atoms with Crippen LogP contribution < -0.4 is 5.32 Å². The molecule has 2 heterocycles. The van der Waals surface area contributed by atoms with E-state index in [1.807, 2.05) is 29.8 Å². The first kappa shape index (κ1) is 24.4. The van der Waals surface area contributed by atoms with E-state index in [4.69, 9.17) is 5.10 Å². The van der Waals surface area contributed by atoms with E-state index in [1.54, 1.807) is 0 Å². The van der Waals surface area contributed by atoms with Crippen LogP contribution in [-0.2, 0) is 15.6 Å². The van der Waals surface area contributed by atoms with E-state index < -0.39 is 0 Å². The van der Waals surface area contributed by atoms with Gasteiger partial charge in [0.1, 0.15) is 11.6 Å². The van der Waals surface area contributed by atoms with Crippen molar-refractivity contribution in [3.63, 3.8) is 0 Å². The quantitative estimate of drug-likeness (QED) is 0.410. The average Bonchev–Trinajstić information content (AvgIpc) is 3.13. The van der Waals surface area contributed by atoms with E-state index in [9.17, 15) is 9.90 Å². The molecule has 0 fully saturated rings. The van der Waals surface area contributed by atoms with Gasteiger partial charge in [-0.15, -0.1) is 0 Å². The number of aromatic nitrogens is 2. The lowest BCUT2D eigenvalue weighted by Gasteiger charge is -2.35. The van der Waals surface area contributed by atoms with Gasteiger partial charge in [-0.3, -0.25) is 4.79 Å². The van der Waals surface area contributed by atoms with Gasteiger partial charge < -0.3 is 10.4 Å². The molecule has 0 amide bonds. The Morgan fingerprint density at radius 3 is 2.17 bits per heavy atom. The number of fused-ring (bicyclic) bond motifs is 1. The van der Waals surface area contributed by atoms with E-state index in [1.165, 1.54) is 0 Å². The average molecular weight is 484 g/mol. The molecule has 2 aliphatic rings. The van der Waals surface area contributed by atoms with Gasteiger partial charge in [0.25, 0.3) is 0 Å². The minimum Gasteiger partial charge on any atom is -0.507 e. The zero-order valence-corrected chi connectivity index (χ0v) is 22.5. The largest absolute Gasteiger partial charge is 0.507 e. The molecule has 0 saturated heterocycles. The van der Waals surface area contributed by atoms with Crippen LogP contribution in [0.5, 0.6) is 5.75 Å². The highest BCUT2D eigenvalue weighted by Gasteiger charge is 2.40. The first-order valence-electron chi connectivity index (χ1n) is 12.9. The summed E-state index contributed by atoms with van der Waals surface area (Å²) >= 11 is 0. The van der Waals surface area contributed by atoms with Crippen molar-refractivity contribution in [1.82, 2.24) is 9.78 Å². The van der Waals surface area contributed by atoms with Crippen molar-refractivity contribution in [3.8, 4) is 11.4 Å². The minimum absolute atomic E-state index is 0.203. The molecule has 0 saturated carbocycles. The number of allylic oxidation sites excluding steroid dienone is 2. The molecular weight excluding hydrogens is 446 g/mol. The predicted octanol–water partition coefficient (Wildman–Crippen LogP) is 7.05. The Morgan fingerprint density at radius 1 is 0.972 bits per heavy atom. The molecule has 1 aliphatic heterocycles. The van der Waals surface area contributed by atoms with Crippen molar-refractivity contribution in [3.05, 3.63) is 81.7 Å². The molecule has 2 aromatic carbocycles. The van der Waals surface area contributed by atoms with Crippen molar-refractivity contribution in [1.29, 1.82) is 0 Å². The zero-order chi connectivity index (χ0) is 26.0. The van der Waals surface area contributed by atoms with Crippen LogP contribution in [0.4, 0.5) is 5.82 Å². The van der Waals surface area contributed by atoms with Crippen LogP contribution in [0.2, 0.25) is 0 Å². The normalized spacial score (nSPS) is 18.1. The number of Topliss-reactive ketones (excluding diaryl/α,β-unsaturated/α-hetero) is 1. The molecule has 0 spiro atoms. The number of anilines is 1. The molecule has 3 aromatic rings. The molecule has 5 rings (SSSR count). The number of nitrogens with one attached hydrogen (secondary N) is 1. The van der Waals surface area contributed by atoms with E-state index in [-0.39, 0.29) is 22.5 Å². The predicted molar refractivity (Wildman–Crippen MR) is 145 cm³/mol. The smallest absolute Gasteiger partial charge is 0.161 e. The van der Waals surface area contributed by atoms with Crippen LogP contribution in [-0.4, -0.2) is 20.7 Å². The Balaban J connectivity index is 1.83. The summed E-state index contributed by atoms with van der Waals surface area (Å²) in [7, 11) is 0. The lowest BCUT2D eigenvalue weighted by Crippen LogP contribution is -2.28. The van der Waals surface area contributed by atoms with Gasteiger partial charge in [0, 0.05) is 29.2 Å². The van der Waals surface area contributed by atoms with E-state index in [0.717, 1.165) is 63.6 Å². The Hall–Kier alpha value is -3.34. The van der Waals surface area contributed by atoms with Crippen molar-refractivity contribution in [2.75, 3.05) is 5.32 Å². The van der Waals surface area contributed by atoms with Crippen LogP contribution in [0.25, 0.3) is 5.69 Å². The Bertz CT molecular complexity index is 1350. The maximum atomic E-state index is 13.5. The highest BCUT2D eigenvalue weighted by molar-refractivity contribution is 6.01. The molecule has 1 atom stereocenters. The summed E-state index contributed by atoms with van der Waals surface area (Å²) in [6.07, 6.45) is 2.25. The second-order valence-corrected chi connectivity index (χ2v) is 12.3. The number of nitrogens with zero attached hydrogens (tertiary/aromatic N) is 2. The molecule has 0 bridgehead atoms. The number of carbonyl (C=O) groups excluding carboxylic acids is 1. The van der Waals surface area contributed by atoms with Gasteiger partial charge in [-0.1, -0.05) is 71.9 Å². The first-order chi connectivity index (χ1) is 16.9. The maximum absolute atomic E-state index is 13.5. The Labute approximate surface area is 214 Å². The third-order valence-corrected chi connectivity index (χ3v) is 7.49. The summed E-state index contributed by atoms with van der Waals surface area (Å²) in [6, 6.07) is 14.4. The lowest BCUT2D eigenvalue weighted by molar-refractivity contribution is -0.116. The summed E-state index contributed by atoms with van der Waals surface area (Å²) in [4.78, 5) is 13.5. The van der Waals surface area contributed by atoms with E-state index in [0.29, 0.717) is 12.2 Å². The van der Waals surface area contributed by atoms with Gasteiger partial charge in [0.2, 0.25) is 0 Å². The minimum atomic E-state index is -0.257. The fraction of sp³-hybridized carbons (Fsp3) is 0.419. The number of aromatic hydroxyl groups is 1. The Morgan fingerprint density at radius 2 is 1.58 bits per heavy atom. The molecule has 1 aromatic heterocycles. The van der Waals surface area contributed by atoms with Gasteiger partial charge >= 0.3 is 0 Å². The van der Waals surface area contributed by atoms with Gasteiger partial charge in [-0.05, 0) is 59.4 Å². The number of rotatable bonds is 2. The van der Waals surface area contributed by atoms with Crippen LogP contribution in [0.1, 0.15) is 94.7 Å². The number of phenolic OH excluding ortho intramolecular Hbond substituents is 1. The number of benzene rings is 2. The number of hydrogen-bond donors (Lipinski definition) is 2. The van der Waals surface area contributed by atoms with Gasteiger partial charge in [0.05, 0.1) is 11.4 Å². The maximum Gasteiger partial charge on any atom is 0.161 e. The van der Waals surface area contributed by atoms with E-state index in [2.05, 4.69) is 71.1 Å². The third kappa shape index (κ3) is 3.95. The van der Waals surface area contributed by atoms with Crippen LogP contribution in [0.3, 0.4) is 0 Å². The lowest BCUT2D eigenvalue weighted by atomic mass is 9.72. The number of aryl methyl sites for hydroxylation is 1. The Kier molecular flexibility index (Phi) is 5.66. The summed E-state index contributed by atoms with van der Waals surface area (Å²) < 4.78 is 1.97. The van der Waals surface area contributed by atoms with Crippen LogP contribution >= 0.6 is 0 Å². The van der Waals surface area contributed by atoms with Gasteiger partial charge in [-0.2, -0.15) is 5.10 Å². The molecule has 36 heavy (non-hydrogen) atoms. The highest BCUT2D eigenvalue weighted by atomic mass is 16.3. The second-order valence-electron chi connectivity index (χ2n) is 12.3. The molecule has 2 N–H and O–H groups in total. The van der Waals surface area contributed by atoms with Crippen molar-refractivity contribution >= 4 is 11.6 Å². The molecule has 1 aliphatic carbocycles. The SMILES string of the molecule is Cc1nn(-c2ccccc2)c2c1[C@@H](c1cc(C(C)(C)C)c(O)c(C(C)(C)C)c1)C1=C(CCCC1=O)N2. The van der Waals surface area contributed by atoms with Crippen molar-refractivity contribution in [2.24, 2.45) is 0 Å². The molecule has 5 heteroatoms. The van der Waals surface area contributed by atoms with Crippen molar-refractivity contribution in [2.45, 2.75) is 84.5 Å². The molecule has 0 unspecified atom stereocenters. The number of phenols is 1. The molecular formula is C31H37N3O2. The van der Waals surface area contributed by atoms with Crippen molar-refractivity contribution < 1.29 is 9.90 Å². The number of carbonyl (C=O) groups is 1. The molecule has 0 radical (unpaired) electrons. The second kappa shape index (κ2) is 8.36. The number of ketones is 1. The summed E-state index contributed by atoms with van der Waals surface area (Å²) in [5, 5.41) is 19.9. The van der Waals surface area contributed by atoms with Gasteiger partial charge in [0.15, 0.2) is 5.78 Å². The van der Waals surface area contributed by atoms with Crippen LogP contribution in [0, 0.1) is 6.92 Å². The highest BCUT2D eigenvalue weighted by Crippen LogP contribution is 2.50. The van der Waals surface area contributed by atoms with Gasteiger partial charge in [-0.25, -0.2) is 4.68 Å². The molecule has 188 valence electrons. The fourth-order valence-corrected chi connectivity index (χ4v) is 5.68. The summed E-state index contributed by atoms with van der Waals surface area (Å²) in [6.45, 7) is 14.8. The van der Waals surface area contributed by atoms with Crippen LogP contribution in [0.15, 0.2) is 53.7 Å². The first-order valence-corrected chi connectivity index (χ1v) is 12.9. The van der Waals surface area contributed by atoms with E-state index >= 15 is 0 Å². The zero-order valence-electron chi connectivity index (χ0n) is 22.5. The monoisotopic (exact) mass is 483 g/mol. The topological polar surface area (TPSA) is 67.1 Å². The molecule has 5 nitrogen and oxygen atoms in total. The third-order valence-electron chi connectivity index (χ3n) is 7.49. The standard InChI is InChI=1S/C31H37N3O2/c1-18-25-26(19-16-21(30(2,3)4)28(36)22(17-19)31(5,6)7)27-23(14-11-15-24(27)35)32-29(25)34(33-18)20-12-9-8-10-13-20/h8-10,12-13,16-17,26,32,36H,11,14-15H2,1-7H3/t26-/m1/s1. The fourth-order valence-electron chi connectivity index (χ4n) is 5.68. The summed E-state index contributed by atoms with van der Waals surface area (Å²) in [5.74, 6) is 1.26. The number of hydrogen-bond acceptors (Lipinski definition) is 4.